The molecule has 22 heavy (non-hydrogen) atoms. The van der Waals surface area contributed by atoms with E-state index in [1.54, 1.807) is 0 Å². The molecule has 1 aliphatic heterocycles. The van der Waals surface area contributed by atoms with Gasteiger partial charge >= 0.3 is 0 Å². The van der Waals surface area contributed by atoms with Crippen LogP contribution in [0.25, 0.3) is 0 Å². The number of nitrogens with zero attached hydrogens (tertiary/aromatic N) is 1. The van der Waals surface area contributed by atoms with E-state index in [9.17, 15) is 9.90 Å². The maximum Gasteiger partial charge on any atom is 0.252 e. The second-order valence-corrected chi connectivity index (χ2v) is 6.88. The highest BCUT2D eigenvalue weighted by Crippen LogP contribution is 2.13. The Morgan fingerprint density at radius 1 is 1.50 bits per heavy atom. The van der Waals surface area contributed by atoms with Crippen molar-refractivity contribution in [1.29, 1.82) is 0 Å². The molecule has 0 saturated carbocycles. The molecule has 2 heterocycles. The first-order valence-electron chi connectivity index (χ1n) is 7.89. The van der Waals surface area contributed by atoms with Gasteiger partial charge in [-0.25, -0.2) is 0 Å². The average Bonchev–Trinajstić information content (AvgIpc) is 3.01. The molecule has 1 saturated heterocycles. The standard InChI is InChI=1S/C16H26N2O3S/c1-12(2)21-10-15(19)9-18-6-3-14(4-7-18)17-16(20)13-5-8-22-11-13/h5,8,11-12,14-15,19H,3-4,6-7,9-10H2,1-2H3,(H,17,20). The summed E-state index contributed by atoms with van der Waals surface area (Å²) < 4.78 is 5.43. The highest BCUT2D eigenvalue weighted by atomic mass is 32.1. The number of hydrogen-bond acceptors (Lipinski definition) is 5. The van der Waals surface area contributed by atoms with E-state index < -0.39 is 6.10 Å². The number of aliphatic hydroxyl groups excluding tert-OH is 1. The van der Waals surface area contributed by atoms with E-state index in [0.717, 1.165) is 31.5 Å². The van der Waals surface area contributed by atoms with Crippen LogP contribution in [-0.4, -0.2) is 60.4 Å². The Hall–Kier alpha value is -0.950. The quantitative estimate of drug-likeness (QED) is 0.801. The fourth-order valence-electron chi connectivity index (χ4n) is 2.58. The molecule has 1 aromatic rings. The summed E-state index contributed by atoms with van der Waals surface area (Å²) in [5.74, 6) is 0.0186. The number of aliphatic hydroxyl groups is 1. The summed E-state index contributed by atoms with van der Waals surface area (Å²) >= 11 is 1.53. The van der Waals surface area contributed by atoms with Crippen LogP contribution in [0.2, 0.25) is 0 Å². The Labute approximate surface area is 136 Å². The van der Waals surface area contributed by atoms with Crippen LogP contribution < -0.4 is 5.32 Å². The number of amides is 1. The molecule has 0 aliphatic carbocycles. The Balaban J connectivity index is 1.66. The van der Waals surface area contributed by atoms with E-state index in [0.29, 0.717) is 13.2 Å². The summed E-state index contributed by atoms with van der Waals surface area (Å²) in [4.78, 5) is 14.2. The van der Waals surface area contributed by atoms with Crippen LogP contribution in [0.15, 0.2) is 16.8 Å². The third-order valence-electron chi connectivity index (χ3n) is 3.80. The molecule has 2 N–H and O–H groups in total. The van der Waals surface area contributed by atoms with Crippen molar-refractivity contribution in [2.24, 2.45) is 0 Å². The fourth-order valence-corrected chi connectivity index (χ4v) is 3.21. The van der Waals surface area contributed by atoms with Crippen LogP contribution in [0.3, 0.4) is 0 Å². The predicted molar refractivity (Wildman–Crippen MR) is 88.3 cm³/mol. The number of carbonyl (C=O) groups excluding carboxylic acids is 1. The van der Waals surface area contributed by atoms with Gasteiger partial charge in [-0.2, -0.15) is 11.3 Å². The third-order valence-corrected chi connectivity index (χ3v) is 4.48. The molecule has 1 amide bonds. The fraction of sp³-hybridized carbons (Fsp3) is 0.688. The van der Waals surface area contributed by atoms with E-state index in [1.165, 1.54) is 11.3 Å². The van der Waals surface area contributed by atoms with Crippen molar-refractivity contribution >= 4 is 17.2 Å². The minimum Gasteiger partial charge on any atom is -0.389 e. The summed E-state index contributed by atoms with van der Waals surface area (Å²) in [6, 6.07) is 2.08. The minimum absolute atomic E-state index is 0.0186. The van der Waals surface area contributed by atoms with Crippen molar-refractivity contribution in [1.82, 2.24) is 10.2 Å². The van der Waals surface area contributed by atoms with Crippen molar-refractivity contribution in [2.75, 3.05) is 26.2 Å². The van der Waals surface area contributed by atoms with E-state index in [2.05, 4.69) is 10.2 Å². The van der Waals surface area contributed by atoms with Gasteiger partial charge in [-0.15, -0.1) is 0 Å². The molecule has 6 heteroatoms. The van der Waals surface area contributed by atoms with Crippen LogP contribution in [-0.2, 0) is 4.74 Å². The van der Waals surface area contributed by atoms with Crippen LogP contribution in [0.1, 0.15) is 37.0 Å². The van der Waals surface area contributed by atoms with E-state index in [1.807, 2.05) is 30.7 Å². The van der Waals surface area contributed by atoms with Gasteiger partial charge in [-0.1, -0.05) is 0 Å². The van der Waals surface area contributed by atoms with Gasteiger partial charge in [0.25, 0.3) is 5.91 Å². The summed E-state index contributed by atoms with van der Waals surface area (Å²) in [6.07, 6.45) is 1.55. The van der Waals surface area contributed by atoms with Gasteiger partial charge in [0.05, 0.1) is 18.8 Å². The Bertz CT molecular complexity index is 442. The molecule has 1 fully saturated rings. The lowest BCUT2D eigenvalue weighted by Gasteiger charge is -2.33. The molecule has 1 atom stereocenters. The second kappa shape index (κ2) is 8.62. The van der Waals surface area contributed by atoms with E-state index in [4.69, 9.17) is 4.74 Å². The first-order chi connectivity index (χ1) is 10.5. The number of carbonyl (C=O) groups is 1. The number of rotatable bonds is 7. The summed E-state index contributed by atoms with van der Waals surface area (Å²) in [6.45, 7) is 6.74. The highest BCUT2D eigenvalue weighted by Gasteiger charge is 2.22. The number of thiophene rings is 1. The first kappa shape index (κ1) is 17.4. The maximum atomic E-state index is 12.0. The number of hydrogen-bond donors (Lipinski definition) is 2. The normalized spacial score (nSPS) is 18.5. The molecule has 0 radical (unpaired) electrons. The second-order valence-electron chi connectivity index (χ2n) is 6.10. The third kappa shape index (κ3) is 5.68. The molecular weight excluding hydrogens is 300 g/mol. The van der Waals surface area contributed by atoms with Gasteiger partial charge in [0.15, 0.2) is 0 Å². The van der Waals surface area contributed by atoms with Gasteiger partial charge in [-0.05, 0) is 38.1 Å². The minimum atomic E-state index is -0.445. The molecule has 0 bridgehead atoms. The topological polar surface area (TPSA) is 61.8 Å². The molecule has 1 aromatic heterocycles. The lowest BCUT2D eigenvalue weighted by atomic mass is 10.0. The number of ether oxygens (including phenoxy) is 1. The average molecular weight is 326 g/mol. The lowest BCUT2D eigenvalue weighted by molar-refractivity contribution is -0.0114. The van der Waals surface area contributed by atoms with Crippen LogP contribution in [0.5, 0.6) is 0 Å². The largest absolute Gasteiger partial charge is 0.389 e. The SMILES string of the molecule is CC(C)OCC(O)CN1CCC(NC(=O)c2ccsc2)CC1. The molecule has 124 valence electrons. The van der Waals surface area contributed by atoms with Crippen LogP contribution >= 0.6 is 11.3 Å². The molecule has 0 aromatic carbocycles. The summed E-state index contributed by atoms with van der Waals surface area (Å²) in [5.41, 5.74) is 0.744. The lowest BCUT2D eigenvalue weighted by Crippen LogP contribution is -2.47. The van der Waals surface area contributed by atoms with Crippen molar-refractivity contribution in [2.45, 2.75) is 44.9 Å². The van der Waals surface area contributed by atoms with Crippen molar-refractivity contribution in [3.8, 4) is 0 Å². The number of piperidine rings is 1. The van der Waals surface area contributed by atoms with E-state index in [-0.39, 0.29) is 18.1 Å². The monoisotopic (exact) mass is 326 g/mol. The van der Waals surface area contributed by atoms with Crippen molar-refractivity contribution < 1.29 is 14.6 Å². The molecule has 2 rings (SSSR count). The van der Waals surface area contributed by atoms with Crippen molar-refractivity contribution in [3.05, 3.63) is 22.4 Å². The van der Waals surface area contributed by atoms with Gasteiger partial charge in [-0.3, -0.25) is 4.79 Å². The zero-order chi connectivity index (χ0) is 15.9. The van der Waals surface area contributed by atoms with E-state index >= 15 is 0 Å². The van der Waals surface area contributed by atoms with Crippen molar-refractivity contribution in [3.63, 3.8) is 0 Å². The molecule has 1 unspecified atom stereocenters. The number of nitrogens with one attached hydrogen (secondary N) is 1. The Morgan fingerprint density at radius 3 is 2.82 bits per heavy atom. The zero-order valence-electron chi connectivity index (χ0n) is 13.3. The smallest absolute Gasteiger partial charge is 0.252 e. The molecule has 5 nitrogen and oxygen atoms in total. The van der Waals surface area contributed by atoms with Crippen LogP contribution in [0.4, 0.5) is 0 Å². The van der Waals surface area contributed by atoms with Gasteiger partial charge < -0.3 is 20.1 Å². The van der Waals surface area contributed by atoms with Gasteiger partial charge in [0.2, 0.25) is 0 Å². The zero-order valence-corrected chi connectivity index (χ0v) is 14.1. The molecule has 0 spiro atoms. The molecule has 1 aliphatic rings. The summed E-state index contributed by atoms with van der Waals surface area (Å²) in [5, 5.41) is 16.8. The van der Waals surface area contributed by atoms with Crippen LogP contribution in [0, 0.1) is 0 Å². The Kier molecular flexibility index (Phi) is 6.82. The molecular formula is C16H26N2O3S. The Morgan fingerprint density at radius 2 is 2.23 bits per heavy atom. The highest BCUT2D eigenvalue weighted by molar-refractivity contribution is 7.08. The maximum absolute atomic E-state index is 12.0. The van der Waals surface area contributed by atoms with Gasteiger partial charge in [0, 0.05) is 36.6 Å². The number of β-amino-alcohol motifs (C(OH)–C–C–N with tert-alkyl or cyclic N) is 1. The van der Waals surface area contributed by atoms with Gasteiger partial charge in [0.1, 0.15) is 0 Å². The predicted octanol–water partition coefficient (Wildman–Crippen LogP) is 1.73. The summed E-state index contributed by atoms with van der Waals surface area (Å²) in [7, 11) is 0. The number of likely N-dealkylation sites (tertiary alicyclic amines) is 1. The first-order valence-corrected chi connectivity index (χ1v) is 8.84.